The van der Waals surface area contributed by atoms with Crippen LogP contribution in [0.15, 0.2) is 22.7 Å². The molecule has 2 amide bonds. The fourth-order valence-corrected chi connectivity index (χ4v) is 2.80. The van der Waals surface area contributed by atoms with Crippen LogP contribution < -0.4 is 10.6 Å². The van der Waals surface area contributed by atoms with Crippen LogP contribution in [0.1, 0.15) is 27.7 Å². The van der Waals surface area contributed by atoms with E-state index >= 15 is 0 Å². The van der Waals surface area contributed by atoms with Gasteiger partial charge in [-0.3, -0.25) is 9.69 Å². The second-order valence-corrected chi connectivity index (χ2v) is 7.37. The monoisotopic (exact) mass is 383 g/mol. The Bertz CT molecular complexity index is 627. The second kappa shape index (κ2) is 6.39. The molecule has 0 spiro atoms. The van der Waals surface area contributed by atoms with Gasteiger partial charge in [-0.05, 0) is 55.8 Å². The van der Waals surface area contributed by atoms with Crippen LogP contribution in [-0.2, 0) is 9.53 Å². The molecule has 126 valence electrons. The van der Waals surface area contributed by atoms with E-state index in [0.717, 1.165) is 4.47 Å². The van der Waals surface area contributed by atoms with Crippen molar-refractivity contribution in [3.8, 4) is 0 Å². The van der Waals surface area contributed by atoms with Crippen LogP contribution >= 0.6 is 15.9 Å². The van der Waals surface area contributed by atoms with Crippen molar-refractivity contribution in [2.45, 2.75) is 39.3 Å². The predicted molar refractivity (Wildman–Crippen MR) is 93.3 cm³/mol. The van der Waals surface area contributed by atoms with Gasteiger partial charge in [0.1, 0.15) is 11.6 Å². The summed E-state index contributed by atoms with van der Waals surface area (Å²) in [5.74, 6) is -0.174. The molecule has 1 unspecified atom stereocenters. The Morgan fingerprint density at radius 1 is 1.35 bits per heavy atom. The van der Waals surface area contributed by atoms with Gasteiger partial charge in [0.05, 0.1) is 11.4 Å². The molecular formula is C16H22BrN3O3. The van der Waals surface area contributed by atoms with Crippen molar-refractivity contribution in [3.05, 3.63) is 22.7 Å². The van der Waals surface area contributed by atoms with Gasteiger partial charge in [-0.2, -0.15) is 0 Å². The number of carbonyl (C=O) groups excluding carboxylic acids is 2. The number of anilines is 2. The summed E-state index contributed by atoms with van der Waals surface area (Å²) < 4.78 is 6.10. The zero-order valence-electron chi connectivity index (χ0n) is 13.8. The highest BCUT2D eigenvalue weighted by atomic mass is 79.9. The summed E-state index contributed by atoms with van der Waals surface area (Å²) >= 11 is 3.37. The molecule has 0 aliphatic carbocycles. The third kappa shape index (κ3) is 3.77. The number of benzene rings is 1. The number of nitrogens with two attached hydrogens (primary N) is 1. The second-order valence-electron chi connectivity index (χ2n) is 6.51. The third-order valence-electron chi connectivity index (χ3n) is 3.60. The van der Waals surface area contributed by atoms with Gasteiger partial charge in [-0.15, -0.1) is 0 Å². The minimum atomic E-state index is -0.600. The van der Waals surface area contributed by atoms with Crippen LogP contribution in [0.3, 0.4) is 0 Å². The molecule has 1 aliphatic heterocycles. The number of hydrogen-bond donors (Lipinski definition) is 1. The summed E-state index contributed by atoms with van der Waals surface area (Å²) in [6.45, 7) is 7.88. The highest BCUT2D eigenvalue weighted by molar-refractivity contribution is 9.10. The van der Waals surface area contributed by atoms with Gasteiger partial charge in [0, 0.05) is 17.6 Å². The molecule has 0 saturated carbocycles. The Balaban J connectivity index is 2.19. The van der Waals surface area contributed by atoms with E-state index in [2.05, 4.69) is 15.9 Å². The summed E-state index contributed by atoms with van der Waals surface area (Å²) in [5, 5.41) is 0. The number of hydrogen-bond acceptors (Lipinski definition) is 4. The molecule has 6 nitrogen and oxygen atoms in total. The minimum Gasteiger partial charge on any atom is -0.444 e. The Labute approximate surface area is 144 Å². The van der Waals surface area contributed by atoms with Gasteiger partial charge < -0.3 is 15.4 Å². The Kier molecular flexibility index (Phi) is 4.89. The Hall–Kier alpha value is -1.76. The van der Waals surface area contributed by atoms with E-state index in [0.29, 0.717) is 24.5 Å². The van der Waals surface area contributed by atoms with Crippen molar-refractivity contribution in [1.29, 1.82) is 0 Å². The molecule has 0 radical (unpaired) electrons. The normalized spacial score (nSPS) is 19.0. The lowest BCUT2D eigenvalue weighted by Crippen LogP contribution is -2.58. The van der Waals surface area contributed by atoms with Crippen LogP contribution in [0, 0.1) is 0 Å². The average molecular weight is 384 g/mol. The highest BCUT2D eigenvalue weighted by Gasteiger charge is 2.37. The molecule has 1 aromatic rings. The summed E-state index contributed by atoms with van der Waals surface area (Å²) in [7, 11) is 0. The SMILES string of the molecule is CC1C(=O)N(c2cccc(Br)c2N)CCN1C(=O)OC(C)(C)C. The molecule has 2 N–H and O–H groups in total. The molecule has 23 heavy (non-hydrogen) atoms. The maximum absolute atomic E-state index is 12.7. The smallest absolute Gasteiger partial charge is 0.411 e. The zero-order valence-corrected chi connectivity index (χ0v) is 15.4. The van der Waals surface area contributed by atoms with Crippen LogP contribution in [0.4, 0.5) is 16.2 Å². The summed E-state index contributed by atoms with van der Waals surface area (Å²) in [6.07, 6.45) is -0.472. The lowest BCUT2D eigenvalue weighted by molar-refractivity contribution is -0.125. The van der Waals surface area contributed by atoms with E-state index in [9.17, 15) is 9.59 Å². The number of nitrogen functional groups attached to an aromatic ring is 1. The van der Waals surface area contributed by atoms with Crippen molar-refractivity contribution in [2.24, 2.45) is 0 Å². The molecule has 1 aliphatic rings. The van der Waals surface area contributed by atoms with Crippen molar-refractivity contribution < 1.29 is 14.3 Å². The van der Waals surface area contributed by atoms with E-state index in [1.165, 1.54) is 4.90 Å². The first-order valence-corrected chi connectivity index (χ1v) is 8.26. The number of para-hydroxylation sites is 1. The van der Waals surface area contributed by atoms with Gasteiger partial charge in [0.2, 0.25) is 5.91 Å². The molecule has 1 fully saturated rings. The predicted octanol–water partition coefficient (Wildman–Crippen LogP) is 3.00. The Morgan fingerprint density at radius 2 is 2.00 bits per heavy atom. The van der Waals surface area contributed by atoms with E-state index in [1.54, 1.807) is 38.7 Å². The quantitative estimate of drug-likeness (QED) is 0.756. The highest BCUT2D eigenvalue weighted by Crippen LogP contribution is 2.32. The lowest BCUT2D eigenvalue weighted by Gasteiger charge is -2.39. The minimum absolute atomic E-state index is 0.174. The van der Waals surface area contributed by atoms with Gasteiger partial charge >= 0.3 is 6.09 Å². The van der Waals surface area contributed by atoms with Gasteiger partial charge in [0.15, 0.2) is 0 Å². The summed E-state index contributed by atoms with van der Waals surface area (Å²) in [5.41, 5.74) is 6.63. The molecule has 1 heterocycles. The van der Waals surface area contributed by atoms with Crippen LogP contribution in [0.5, 0.6) is 0 Å². The number of rotatable bonds is 1. The number of amides is 2. The molecule has 7 heteroatoms. The van der Waals surface area contributed by atoms with Crippen molar-refractivity contribution in [2.75, 3.05) is 23.7 Å². The fraction of sp³-hybridized carbons (Fsp3) is 0.500. The van der Waals surface area contributed by atoms with Crippen molar-refractivity contribution >= 4 is 39.3 Å². The molecule has 1 aromatic carbocycles. The number of piperazine rings is 1. The third-order valence-corrected chi connectivity index (χ3v) is 4.30. The first kappa shape index (κ1) is 17.6. The molecule has 2 rings (SSSR count). The van der Waals surface area contributed by atoms with Crippen LogP contribution in [0.25, 0.3) is 0 Å². The number of carbonyl (C=O) groups is 2. The van der Waals surface area contributed by atoms with Crippen molar-refractivity contribution in [1.82, 2.24) is 4.90 Å². The van der Waals surface area contributed by atoms with E-state index in [-0.39, 0.29) is 5.91 Å². The van der Waals surface area contributed by atoms with E-state index in [1.807, 2.05) is 12.1 Å². The van der Waals surface area contributed by atoms with Crippen molar-refractivity contribution in [3.63, 3.8) is 0 Å². The molecule has 0 aromatic heterocycles. The lowest BCUT2D eigenvalue weighted by atomic mass is 10.1. The van der Waals surface area contributed by atoms with Gasteiger partial charge in [0.25, 0.3) is 0 Å². The van der Waals surface area contributed by atoms with Gasteiger partial charge in [-0.1, -0.05) is 6.07 Å². The van der Waals surface area contributed by atoms with E-state index < -0.39 is 17.7 Å². The zero-order chi connectivity index (χ0) is 17.4. The topological polar surface area (TPSA) is 75.9 Å². The van der Waals surface area contributed by atoms with Gasteiger partial charge in [-0.25, -0.2) is 4.79 Å². The van der Waals surface area contributed by atoms with Crippen LogP contribution in [0.2, 0.25) is 0 Å². The Morgan fingerprint density at radius 3 is 2.61 bits per heavy atom. The molecular weight excluding hydrogens is 362 g/mol. The fourth-order valence-electron chi connectivity index (χ4n) is 2.44. The standard InChI is InChI=1S/C16H22BrN3O3/c1-10-14(21)20(12-7-5-6-11(17)13(12)18)9-8-19(10)15(22)23-16(2,3)4/h5-7,10H,8-9,18H2,1-4H3. The molecule has 1 saturated heterocycles. The van der Waals surface area contributed by atoms with Crippen LogP contribution in [-0.4, -0.2) is 41.6 Å². The number of halogens is 1. The first-order chi connectivity index (χ1) is 10.6. The average Bonchev–Trinajstić information content (AvgIpc) is 2.43. The maximum atomic E-state index is 12.7. The molecule has 1 atom stereocenters. The summed E-state index contributed by atoms with van der Waals surface area (Å²) in [6, 6.07) is 4.85. The summed E-state index contributed by atoms with van der Waals surface area (Å²) in [4.78, 5) is 28.0. The number of nitrogens with zero attached hydrogens (tertiary/aromatic N) is 2. The first-order valence-electron chi connectivity index (χ1n) is 7.47. The number of ether oxygens (including phenoxy) is 1. The maximum Gasteiger partial charge on any atom is 0.411 e. The molecule has 0 bridgehead atoms. The van der Waals surface area contributed by atoms with E-state index in [4.69, 9.17) is 10.5 Å². The largest absolute Gasteiger partial charge is 0.444 e.